The van der Waals surface area contributed by atoms with Gasteiger partial charge in [0.1, 0.15) is 0 Å². The van der Waals surface area contributed by atoms with Crippen LogP contribution in [0.25, 0.3) is 0 Å². The van der Waals surface area contributed by atoms with Gasteiger partial charge in [-0.3, -0.25) is 0 Å². The van der Waals surface area contributed by atoms with Gasteiger partial charge in [-0.15, -0.1) is 0 Å². The molecule has 0 aliphatic heterocycles. The van der Waals surface area contributed by atoms with E-state index in [9.17, 15) is 5.11 Å². The van der Waals surface area contributed by atoms with E-state index in [1.54, 1.807) is 0 Å². The molecule has 2 aliphatic rings. The second-order valence-electron chi connectivity index (χ2n) is 7.17. The molecule has 0 amide bonds. The highest BCUT2D eigenvalue weighted by Crippen LogP contribution is 2.48. The summed E-state index contributed by atoms with van der Waals surface area (Å²) in [5.74, 6) is 3.03. The third-order valence-corrected chi connectivity index (χ3v) is 5.66. The van der Waals surface area contributed by atoms with Crippen LogP contribution in [-0.2, 0) is 0 Å². The summed E-state index contributed by atoms with van der Waals surface area (Å²) in [5.41, 5.74) is 5.77. The van der Waals surface area contributed by atoms with E-state index in [0.717, 1.165) is 43.6 Å². The molecule has 0 saturated heterocycles. The smallest absolute Gasteiger partial charge is 0.0611 e. The Morgan fingerprint density at radius 2 is 2.11 bits per heavy atom. The summed E-state index contributed by atoms with van der Waals surface area (Å²) in [6, 6.07) is 0. The average molecular weight is 268 g/mol. The highest BCUT2D eigenvalue weighted by Gasteiger charge is 2.39. The number of hydrogen-bond donors (Lipinski definition) is 2. The topological polar surface area (TPSA) is 49.5 Å². The number of rotatable bonds is 8. The van der Waals surface area contributed by atoms with Gasteiger partial charge in [-0.05, 0) is 69.9 Å². The van der Waals surface area contributed by atoms with E-state index in [-0.39, 0.29) is 12.1 Å². The van der Waals surface area contributed by atoms with Crippen molar-refractivity contribution in [2.24, 2.45) is 23.5 Å². The summed E-state index contributed by atoms with van der Waals surface area (Å²) >= 11 is 0. The Morgan fingerprint density at radius 3 is 2.63 bits per heavy atom. The lowest BCUT2D eigenvalue weighted by molar-refractivity contribution is 0.168. The van der Waals surface area contributed by atoms with E-state index >= 15 is 0 Å². The van der Waals surface area contributed by atoms with Gasteiger partial charge in [-0.2, -0.15) is 0 Å². The number of aliphatic hydroxyl groups excluding tert-OH is 1. The molecule has 2 saturated carbocycles. The summed E-state index contributed by atoms with van der Waals surface area (Å²) < 4.78 is 0. The van der Waals surface area contributed by atoms with Crippen molar-refractivity contribution in [1.29, 1.82) is 0 Å². The van der Waals surface area contributed by atoms with Gasteiger partial charge in [0.25, 0.3) is 0 Å². The van der Waals surface area contributed by atoms with Crippen molar-refractivity contribution in [2.45, 2.75) is 57.4 Å². The Morgan fingerprint density at radius 1 is 1.32 bits per heavy atom. The highest BCUT2D eigenvalue weighted by atomic mass is 16.3. The fourth-order valence-electron chi connectivity index (χ4n) is 4.16. The molecule has 0 radical (unpaired) electrons. The average Bonchev–Trinajstić information content (AvgIpc) is 3.00. The first-order valence-corrected chi connectivity index (χ1v) is 8.14. The van der Waals surface area contributed by atoms with Gasteiger partial charge in [-0.1, -0.05) is 13.3 Å². The second kappa shape index (κ2) is 6.55. The molecular weight excluding hydrogens is 236 g/mol. The Labute approximate surface area is 118 Å². The zero-order valence-corrected chi connectivity index (χ0v) is 12.8. The van der Waals surface area contributed by atoms with Crippen LogP contribution in [0.15, 0.2) is 0 Å². The minimum Gasteiger partial charge on any atom is -0.394 e. The van der Waals surface area contributed by atoms with Gasteiger partial charge in [0, 0.05) is 12.1 Å². The lowest BCUT2D eigenvalue weighted by atomic mass is 9.88. The van der Waals surface area contributed by atoms with Gasteiger partial charge >= 0.3 is 0 Å². The van der Waals surface area contributed by atoms with Crippen LogP contribution in [0.4, 0.5) is 0 Å². The maximum absolute atomic E-state index is 9.31. The van der Waals surface area contributed by atoms with Gasteiger partial charge in [-0.25, -0.2) is 0 Å². The number of aliphatic hydroxyl groups is 1. The molecule has 112 valence electrons. The minimum atomic E-state index is -0.354. The predicted octanol–water partition coefficient (Wildman–Crippen LogP) is 2.23. The number of nitrogens with two attached hydrogens (primary N) is 1. The third kappa shape index (κ3) is 3.93. The molecule has 0 aromatic carbocycles. The van der Waals surface area contributed by atoms with E-state index in [1.807, 2.05) is 0 Å². The summed E-state index contributed by atoms with van der Waals surface area (Å²) in [5, 5.41) is 9.31. The molecular formula is C16H32N2O. The van der Waals surface area contributed by atoms with Crippen LogP contribution in [0.1, 0.15) is 51.9 Å². The molecule has 2 fully saturated rings. The van der Waals surface area contributed by atoms with Crippen molar-refractivity contribution < 1.29 is 5.11 Å². The van der Waals surface area contributed by atoms with Gasteiger partial charge in [0.15, 0.2) is 0 Å². The molecule has 2 bridgehead atoms. The molecule has 19 heavy (non-hydrogen) atoms. The summed E-state index contributed by atoms with van der Waals surface area (Å²) in [6.45, 7) is 4.56. The number of fused-ring (bicyclic) bond motifs is 2. The zero-order valence-electron chi connectivity index (χ0n) is 12.8. The van der Waals surface area contributed by atoms with Gasteiger partial charge in [0.05, 0.1) is 6.61 Å². The molecule has 0 spiro atoms. The van der Waals surface area contributed by atoms with E-state index in [1.165, 1.54) is 32.2 Å². The molecule has 3 nitrogen and oxygen atoms in total. The maximum Gasteiger partial charge on any atom is 0.0611 e. The highest BCUT2D eigenvalue weighted by molar-refractivity contribution is 4.91. The van der Waals surface area contributed by atoms with E-state index < -0.39 is 0 Å². The predicted molar refractivity (Wildman–Crippen MR) is 80.0 cm³/mol. The quantitative estimate of drug-likeness (QED) is 0.710. The molecule has 4 atom stereocenters. The van der Waals surface area contributed by atoms with E-state index in [0.29, 0.717) is 0 Å². The Kier molecular flexibility index (Phi) is 5.27. The summed E-state index contributed by atoms with van der Waals surface area (Å²) in [4.78, 5) is 2.48. The summed E-state index contributed by atoms with van der Waals surface area (Å²) in [7, 11) is 2.25. The van der Waals surface area contributed by atoms with Gasteiger partial charge in [0.2, 0.25) is 0 Å². The van der Waals surface area contributed by atoms with Gasteiger partial charge < -0.3 is 15.7 Å². The zero-order chi connectivity index (χ0) is 13.9. The van der Waals surface area contributed by atoms with Crippen molar-refractivity contribution in [2.75, 3.05) is 26.7 Å². The van der Waals surface area contributed by atoms with Crippen molar-refractivity contribution in [1.82, 2.24) is 4.90 Å². The van der Waals surface area contributed by atoms with E-state index in [4.69, 9.17) is 5.73 Å². The fourth-order valence-corrected chi connectivity index (χ4v) is 4.16. The van der Waals surface area contributed by atoms with Crippen molar-refractivity contribution in [3.8, 4) is 0 Å². The van der Waals surface area contributed by atoms with E-state index in [2.05, 4.69) is 18.9 Å². The maximum atomic E-state index is 9.31. The molecule has 0 aromatic heterocycles. The Balaban J connectivity index is 1.63. The molecule has 2 rings (SSSR count). The minimum absolute atomic E-state index is 0.111. The molecule has 0 aromatic rings. The molecule has 2 aliphatic carbocycles. The third-order valence-electron chi connectivity index (χ3n) is 5.66. The standard InChI is InChI=1S/C16H32N2O/c1-3-16(17,12-19)7-4-8-18(2)11-15-10-13-5-6-14(15)9-13/h13-15,19H,3-12,17H2,1-2H3. The van der Waals surface area contributed by atoms with Crippen LogP contribution in [0.3, 0.4) is 0 Å². The molecule has 4 unspecified atom stereocenters. The number of hydrogen-bond acceptors (Lipinski definition) is 3. The van der Waals surface area contributed by atoms with Crippen LogP contribution in [0.2, 0.25) is 0 Å². The SMILES string of the molecule is CCC(N)(CO)CCCN(C)CC1CC2CCC1C2. The molecule has 0 heterocycles. The Bertz CT molecular complexity index is 278. The lowest BCUT2D eigenvalue weighted by Crippen LogP contribution is -2.43. The van der Waals surface area contributed by atoms with Crippen LogP contribution in [-0.4, -0.2) is 42.3 Å². The monoisotopic (exact) mass is 268 g/mol. The normalized spacial score (nSPS) is 33.0. The summed E-state index contributed by atoms with van der Waals surface area (Å²) in [6.07, 6.45) is 8.85. The fraction of sp³-hybridized carbons (Fsp3) is 1.00. The van der Waals surface area contributed by atoms with Crippen LogP contribution in [0.5, 0.6) is 0 Å². The first-order chi connectivity index (χ1) is 9.06. The lowest BCUT2D eigenvalue weighted by Gasteiger charge is -2.29. The number of nitrogens with zero attached hydrogens (tertiary/aromatic N) is 1. The Hall–Kier alpha value is -0.120. The first-order valence-electron chi connectivity index (χ1n) is 8.14. The largest absolute Gasteiger partial charge is 0.394 e. The van der Waals surface area contributed by atoms with Crippen LogP contribution < -0.4 is 5.73 Å². The molecule has 3 N–H and O–H groups in total. The van der Waals surface area contributed by atoms with Crippen LogP contribution >= 0.6 is 0 Å². The molecule has 3 heteroatoms. The van der Waals surface area contributed by atoms with Crippen molar-refractivity contribution in [3.05, 3.63) is 0 Å². The second-order valence-corrected chi connectivity index (χ2v) is 7.17. The van der Waals surface area contributed by atoms with Crippen molar-refractivity contribution >= 4 is 0 Å². The first kappa shape index (κ1) is 15.3. The van der Waals surface area contributed by atoms with Crippen LogP contribution in [0, 0.1) is 17.8 Å². The van der Waals surface area contributed by atoms with Crippen molar-refractivity contribution in [3.63, 3.8) is 0 Å².